The highest BCUT2D eigenvalue weighted by molar-refractivity contribution is 5.88. The SMILES string of the molecule is C/C=C(\C)C(=O)OC(C)(C)[C@H]1Cc2cc3ccc(=O)oc3cc2O1. The third-order valence-electron chi connectivity index (χ3n) is 4.36. The van der Waals surface area contributed by atoms with Crippen molar-refractivity contribution >= 4 is 16.9 Å². The van der Waals surface area contributed by atoms with Crippen LogP contribution in [0.5, 0.6) is 5.75 Å². The summed E-state index contributed by atoms with van der Waals surface area (Å²) in [6, 6.07) is 6.80. The van der Waals surface area contributed by atoms with E-state index < -0.39 is 11.2 Å². The van der Waals surface area contributed by atoms with Gasteiger partial charge < -0.3 is 13.9 Å². The van der Waals surface area contributed by atoms with E-state index in [0.29, 0.717) is 23.3 Å². The van der Waals surface area contributed by atoms with Crippen LogP contribution in [0.4, 0.5) is 0 Å². The Labute approximate surface area is 139 Å². The summed E-state index contributed by atoms with van der Waals surface area (Å²) in [6.07, 6.45) is 2.04. The Kier molecular flexibility index (Phi) is 3.95. The number of benzene rings is 1. The summed E-state index contributed by atoms with van der Waals surface area (Å²) in [5.74, 6) is 0.312. The normalized spacial score (nSPS) is 17.5. The van der Waals surface area contributed by atoms with Crippen molar-refractivity contribution in [1.29, 1.82) is 0 Å². The second-order valence-electron chi connectivity index (χ2n) is 6.53. The predicted octanol–water partition coefficient (Wildman–Crippen LogP) is 3.38. The van der Waals surface area contributed by atoms with Gasteiger partial charge >= 0.3 is 11.6 Å². The zero-order valence-electron chi connectivity index (χ0n) is 14.2. The molecule has 0 saturated heterocycles. The summed E-state index contributed by atoms with van der Waals surface area (Å²) in [5, 5.41) is 0.845. The lowest BCUT2D eigenvalue weighted by molar-refractivity contribution is -0.159. The number of fused-ring (bicyclic) bond motifs is 2. The zero-order chi connectivity index (χ0) is 17.5. The number of carbonyl (C=O) groups is 1. The molecule has 0 unspecified atom stereocenters. The van der Waals surface area contributed by atoms with Gasteiger partial charge in [-0.25, -0.2) is 9.59 Å². The molecule has 0 aliphatic carbocycles. The molecule has 2 heterocycles. The lowest BCUT2D eigenvalue weighted by atomic mass is 9.96. The summed E-state index contributed by atoms with van der Waals surface area (Å²) in [5.41, 5.74) is 0.877. The Morgan fingerprint density at radius 2 is 2.08 bits per heavy atom. The van der Waals surface area contributed by atoms with Gasteiger partial charge in [0.1, 0.15) is 23.0 Å². The van der Waals surface area contributed by atoms with Crippen molar-refractivity contribution in [3.8, 4) is 5.75 Å². The first kappa shape index (κ1) is 16.3. The van der Waals surface area contributed by atoms with Gasteiger partial charge in [0.05, 0.1) is 0 Å². The van der Waals surface area contributed by atoms with Gasteiger partial charge in [-0.15, -0.1) is 0 Å². The molecule has 0 fully saturated rings. The smallest absolute Gasteiger partial charge is 0.336 e. The van der Waals surface area contributed by atoms with Crippen LogP contribution in [0.1, 0.15) is 33.3 Å². The molecule has 0 spiro atoms. The summed E-state index contributed by atoms with van der Waals surface area (Å²) >= 11 is 0. The molecule has 126 valence electrons. The number of hydrogen-bond donors (Lipinski definition) is 0. The fraction of sp³-hybridized carbons (Fsp3) is 0.368. The molecule has 2 aromatic rings. The van der Waals surface area contributed by atoms with Crippen molar-refractivity contribution in [2.24, 2.45) is 0 Å². The average molecular weight is 328 g/mol. The standard InChI is InChI=1S/C19H20O5/c1-5-11(2)18(21)24-19(3,4)16-9-13-8-12-6-7-17(20)23-14(12)10-15(13)22-16/h5-8,10,16H,9H2,1-4H3/b11-5+/t16-/m1/s1. The maximum absolute atomic E-state index is 12.1. The van der Waals surface area contributed by atoms with Gasteiger partial charge in [0.25, 0.3) is 0 Å². The van der Waals surface area contributed by atoms with Gasteiger partial charge in [-0.2, -0.15) is 0 Å². The molecule has 0 radical (unpaired) electrons. The first-order valence-corrected chi connectivity index (χ1v) is 7.90. The van der Waals surface area contributed by atoms with E-state index in [2.05, 4.69) is 0 Å². The first-order valence-electron chi connectivity index (χ1n) is 7.90. The molecule has 1 aromatic heterocycles. The summed E-state index contributed by atoms with van der Waals surface area (Å²) in [7, 11) is 0. The zero-order valence-corrected chi connectivity index (χ0v) is 14.2. The van der Waals surface area contributed by atoms with E-state index in [1.165, 1.54) is 6.07 Å². The van der Waals surface area contributed by atoms with Crippen LogP contribution in [0.3, 0.4) is 0 Å². The molecular weight excluding hydrogens is 308 g/mol. The minimum Gasteiger partial charge on any atom is -0.485 e. The highest BCUT2D eigenvalue weighted by Crippen LogP contribution is 2.37. The summed E-state index contributed by atoms with van der Waals surface area (Å²) in [4.78, 5) is 23.4. The van der Waals surface area contributed by atoms with Crippen LogP contribution < -0.4 is 10.4 Å². The Hall–Kier alpha value is -2.56. The third kappa shape index (κ3) is 2.94. The molecule has 5 nitrogen and oxygen atoms in total. The number of hydrogen-bond acceptors (Lipinski definition) is 5. The molecule has 5 heteroatoms. The Bertz CT molecular complexity index is 888. The Morgan fingerprint density at radius 1 is 1.33 bits per heavy atom. The van der Waals surface area contributed by atoms with Gasteiger partial charge in [0.2, 0.25) is 0 Å². The highest BCUT2D eigenvalue weighted by atomic mass is 16.6. The van der Waals surface area contributed by atoms with E-state index in [1.807, 2.05) is 19.9 Å². The van der Waals surface area contributed by atoms with Crippen molar-refractivity contribution in [2.45, 2.75) is 45.8 Å². The molecule has 1 aliphatic rings. The first-order chi connectivity index (χ1) is 11.3. The van der Waals surface area contributed by atoms with E-state index in [0.717, 1.165) is 10.9 Å². The van der Waals surface area contributed by atoms with E-state index in [4.69, 9.17) is 13.9 Å². The molecule has 0 amide bonds. The molecule has 0 bridgehead atoms. The second kappa shape index (κ2) is 5.82. The van der Waals surface area contributed by atoms with Crippen LogP contribution in [-0.2, 0) is 16.0 Å². The largest absolute Gasteiger partial charge is 0.485 e. The topological polar surface area (TPSA) is 65.7 Å². The van der Waals surface area contributed by atoms with E-state index in [9.17, 15) is 9.59 Å². The van der Waals surface area contributed by atoms with Crippen molar-refractivity contribution in [3.05, 3.63) is 51.9 Å². The maximum Gasteiger partial charge on any atom is 0.336 e. The van der Waals surface area contributed by atoms with Gasteiger partial charge in [0, 0.05) is 29.5 Å². The van der Waals surface area contributed by atoms with Crippen LogP contribution in [-0.4, -0.2) is 17.7 Å². The maximum atomic E-state index is 12.1. The Morgan fingerprint density at radius 3 is 2.79 bits per heavy atom. The van der Waals surface area contributed by atoms with Crippen LogP contribution in [0.25, 0.3) is 11.0 Å². The molecule has 1 aliphatic heterocycles. The van der Waals surface area contributed by atoms with Crippen molar-refractivity contribution in [3.63, 3.8) is 0 Å². The fourth-order valence-corrected chi connectivity index (χ4v) is 2.70. The van der Waals surface area contributed by atoms with E-state index in [1.54, 1.807) is 32.1 Å². The number of allylic oxidation sites excluding steroid dienone is 1. The summed E-state index contributed by atoms with van der Waals surface area (Å²) in [6.45, 7) is 7.19. The number of esters is 1. The number of carbonyl (C=O) groups excluding carboxylic acids is 1. The molecule has 24 heavy (non-hydrogen) atoms. The van der Waals surface area contributed by atoms with Crippen LogP contribution in [0.15, 0.2) is 45.1 Å². The highest BCUT2D eigenvalue weighted by Gasteiger charge is 2.40. The molecule has 1 aromatic carbocycles. The van der Waals surface area contributed by atoms with Gasteiger partial charge in [-0.1, -0.05) is 6.08 Å². The molecular formula is C19H20O5. The molecule has 0 saturated carbocycles. The van der Waals surface area contributed by atoms with Crippen LogP contribution in [0, 0.1) is 0 Å². The van der Waals surface area contributed by atoms with Crippen LogP contribution >= 0.6 is 0 Å². The molecule has 3 rings (SSSR count). The lowest BCUT2D eigenvalue weighted by Gasteiger charge is -2.30. The van der Waals surface area contributed by atoms with Crippen molar-refractivity contribution in [1.82, 2.24) is 0 Å². The quantitative estimate of drug-likeness (QED) is 0.491. The minimum atomic E-state index is -0.784. The minimum absolute atomic E-state index is 0.301. The monoisotopic (exact) mass is 328 g/mol. The fourth-order valence-electron chi connectivity index (χ4n) is 2.70. The second-order valence-corrected chi connectivity index (χ2v) is 6.53. The summed E-state index contributed by atoms with van der Waals surface area (Å²) < 4.78 is 16.8. The van der Waals surface area contributed by atoms with Crippen molar-refractivity contribution in [2.75, 3.05) is 0 Å². The number of rotatable bonds is 3. The lowest BCUT2D eigenvalue weighted by Crippen LogP contribution is -2.43. The predicted molar refractivity (Wildman–Crippen MR) is 90.2 cm³/mol. The van der Waals surface area contributed by atoms with E-state index >= 15 is 0 Å². The van der Waals surface area contributed by atoms with Crippen LogP contribution in [0.2, 0.25) is 0 Å². The Balaban J connectivity index is 1.86. The van der Waals surface area contributed by atoms with Gasteiger partial charge in [0.15, 0.2) is 0 Å². The van der Waals surface area contributed by atoms with Gasteiger partial charge in [-0.05, 0) is 45.4 Å². The average Bonchev–Trinajstić information content (AvgIpc) is 2.95. The number of ether oxygens (including phenoxy) is 2. The third-order valence-corrected chi connectivity index (χ3v) is 4.36. The molecule has 0 N–H and O–H groups in total. The van der Waals surface area contributed by atoms with Gasteiger partial charge in [-0.3, -0.25) is 0 Å². The van der Waals surface area contributed by atoms with Crippen molar-refractivity contribution < 1.29 is 18.7 Å². The van der Waals surface area contributed by atoms with E-state index in [-0.39, 0.29) is 12.1 Å². The molecule has 1 atom stereocenters.